The van der Waals surface area contributed by atoms with E-state index in [4.69, 9.17) is 21.7 Å². The second-order valence-corrected chi connectivity index (χ2v) is 7.00. The number of methoxy groups -OCH3 is 2. The van der Waals surface area contributed by atoms with E-state index in [0.29, 0.717) is 0 Å². The van der Waals surface area contributed by atoms with Gasteiger partial charge in [0.1, 0.15) is 11.5 Å². The van der Waals surface area contributed by atoms with Crippen LogP contribution in [-0.2, 0) is 13.1 Å². The number of rotatable bonds is 6. The van der Waals surface area contributed by atoms with Crippen LogP contribution in [0.4, 0.5) is 0 Å². The Morgan fingerprint density at radius 2 is 1.37 bits per heavy atom. The van der Waals surface area contributed by atoms with Crippen LogP contribution in [0.1, 0.15) is 11.1 Å². The molecule has 2 aromatic carbocycles. The van der Waals surface area contributed by atoms with E-state index in [0.717, 1.165) is 55.9 Å². The zero-order valence-corrected chi connectivity index (χ0v) is 16.8. The summed E-state index contributed by atoms with van der Waals surface area (Å²) in [6.45, 7) is 5.61. The summed E-state index contributed by atoms with van der Waals surface area (Å²) >= 11 is 5.58. The first-order valence-corrected chi connectivity index (χ1v) is 9.60. The summed E-state index contributed by atoms with van der Waals surface area (Å²) < 4.78 is 10.4. The van der Waals surface area contributed by atoms with Crippen molar-refractivity contribution in [3.63, 3.8) is 0 Å². The van der Waals surface area contributed by atoms with Crippen LogP contribution in [0.2, 0.25) is 0 Å². The molecule has 0 radical (unpaired) electrons. The first-order valence-electron chi connectivity index (χ1n) is 9.19. The Morgan fingerprint density at radius 1 is 0.852 bits per heavy atom. The van der Waals surface area contributed by atoms with Gasteiger partial charge in [-0.05, 0) is 47.6 Å². The number of benzene rings is 2. The average molecular weight is 386 g/mol. The Hall–Kier alpha value is -2.31. The minimum Gasteiger partial charge on any atom is -0.497 e. The van der Waals surface area contributed by atoms with Crippen LogP contribution in [0.5, 0.6) is 11.5 Å². The quantitative estimate of drug-likeness (QED) is 0.771. The number of hydrogen-bond donors (Lipinski definition) is 1. The van der Waals surface area contributed by atoms with Gasteiger partial charge in [0.15, 0.2) is 5.11 Å². The molecule has 0 unspecified atom stereocenters. The molecule has 1 heterocycles. The summed E-state index contributed by atoms with van der Waals surface area (Å²) in [5, 5.41) is 4.20. The molecule has 0 spiro atoms. The van der Waals surface area contributed by atoms with Crippen LogP contribution >= 0.6 is 12.2 Å². The van der Waals surface area contributed by atoms with E-state index in [2.05, 4.69) is 39.4 Å². The van der Waals surface area contributed by atoms with E-state index in [1.54, 1.807) is 14.2 Å². The van der Waals surface area contributed by atoms with Crippen molar-refractivity contribution in [1.29, 1.82) is 0 Å². The Morgan fingerprint density at radius 3 is 1.89 bits per heavy atom. The van der Waals surface area contributed by atoms with E-state index >= 15 is 0 Å². The van der Waals surface area contributed by atoms with E-state index in [1.165, 1.54) is 11.1 Å². The van der Waals surface area contributed by atoms with Crippen molar-refractivity contribution < 1.29 is 9.47 Å². The maximum atomic E-state index is 5.58. The van der Waals surface area contributed by atoms with Crippen LogP contribution in [0, 0.1) is 0 Å². The SMILES string of the molecule is COc1ccc(CNC(=S)N2CCN(Cc3ccc(OC)cc3)CC2)cc1. The van der Waals surface area contributed by atoms with Gasteiger partial charge in [-0.3, -0.25) is 4.90 Å². The number of thiocarbonyl (C=S) groups is 1. The predicted octanol–water partition coefficient (Wildman–Crippen LogP) is 2.90. The molecule has 0 atom stereocenters. The van der Waals surface area contributed by atoms with Gasteiger partial charge in [0.25, 0.3) is 0 Å². The van der Waals surface area contributed by atoms with Gasteiger partial charge >= 0.3 is 0 Å². The zero-order valence-electron chi connectivity index (χ0n) is 16.0. The van der Waals surface area contributed by atoms with Crippen molar-refractivity contribution >= 4 is 17.3 Å². The van der Waals surface area contributed by atoms with Crippen LogP contribution in [0.15, 0.2) is 48.5 Å². The molecule has 144 valence electrons. The lowest BCUT2D eigenvalue weighted by molar-refractivity contribution is 0.174. The molecular weight excluding hydrogens is 358 g/mol. The zero-order chi connectivity index (χ0) is 19.1. The number of piperazine rings is 1. The van der Waals surface area contributed by atoms with Crippen LogP contribution in [0.3, 0.4) is 0 Å². The minimum atomic E-state index is 0.731. The number of hydrogen-bond acceptors (Lipinski definition) is 4. The van der Waals surface area contributed by atoms with Gasteiger partial charge in [-0.25, -0.2) is 0 Å². The topological polar surface area (TPSA) is 37.0 Å². The highest BCUT2D eigenvalue weighted by molar-refractivity contribution is 7.80. The molecule has 2 aromatic rings. The monoisotopic (exact) mass is 385 g/mol. The Labute approximate surface area is 166 Å². The summed E-state index contributed by atoms with van der Waals surface area (Å²) in [6, 6.07) is 16.4. The van der Waals surface area contributed by atoms with E-state index < -0.39 is 0 Å². The second kappa shape index (κ2) is 9.58. The van der Waals surface area contributed by atoms with Crippen LogP contribution in [0.25, 0.3) is 0 Å². The fraction of sp³-hybridized carbons (Fsp3) is 0.381. The van der Waals surface area contributed by atoms with Crippen molar-refractivity contribution in [1.82, 2.24) is 15.1 Å². The lowest BCUT2D eigenvalue weighted by Crippen LogP contribution is -2.51. The maximum Gasteiger partial charge on any atom is 0.169 e. The molecule has 6 heteroatoms. The third-order valence-electron chi connectivity index (χ3n) is 4.83. The molecule has 0 bridgehead atoms. The van der Waals surface area contributed by atoms with Gasteiger partial charge < -0.3 is 19.7 Å². The highest BCUT2D eigenvalue weighted by atomic mass is 32.1. The molecule has 0 saturated carbocycles. The minimum absolute atomic E-state index is 0.731. The van der Waals surface area contributed by atoms with Gasteiger partial charge in [-0.15, -0.1) is 0 Å². The first kappa shape index (κ1) is 19.5. The highest BCUT2D eigenvalue weighted by Gasteiger charge is 2.18. The lowest BCUT2D eigenvalue weighted by Gasteiger charge is -2.36. The molecule has 1 aliphatic rings. The highest BCUT2D eigenvalue weighted by Crippen LogP contribution is 2.14. The fourth-order valence-electron chi connectivity index (χ4n) is 3.13. The van der Waals surface area contributed by atoms with Crippen molar-refractivity contribution in [3.05, 3.63) is 59.7 Å². The molecule has 27 heavy (non-hydrogen) atoms. The normalized spacial score (nSPS) is 14.7. The predicted molar refractivity (Wildman–Crippen MR) is 112 cm³/mol. The van der Waals surface area contributed by atoms with Crippen molar-refractivity contribution in [2.24, 2.45) is 0 Å². The van der Waals surface area contributed by atoms with Gasteiger partial charge in [-0.2, -0.15) is 0 Å². The fourth-order valence-corrected chi connectivity index (χ4v) is 3.39. The Bertz CT molecular complexity index is 726. The summed E-state index contributed by atoms with van der Waals surface area (Å²) in [7, 11) is 3.37. The third kappa shape index (κ3) is 5.58. The summed E-state index contributed by atoms with van der Waals surface area (Å²) in [4.78, 5) is 4.72. The van der Waals surface area contributed by atoms with Crippen LogP contribution < -0.4 is 14.8 Å². The Balaban J connectivity index is 1.41. The smallest absolute Gasteiger partial charge is 0.169 e. The van der Waals surface area contributed by atoms with Gasteiger partial charge in [0.2, 0.25) is 0 Å². The molecule has 0 aromatic heterocycles. The Kier molecular flexibility index (Phi) is 6.90. The molecule has 0 amide bonds. The van der Waals surface area contributed by atoms with E-state index in [-0.39, 0.29) is 0 Å². The standard InChI is InChI=1S/C21H27N3O2S/c1-25-19-7-3-17(4-8-19)15-22-21(27)24-13-11-23(12-14-24)16-18-5-9-20(26-2)10-6-18/h3-10H,11-16H2,1-2H3,(H,22,27). The van der Waals surface area contributed by atoms with Gasteiger partial charge in [0, 0.05) is 39.3 Å². The molecule has 0 aliphatic carbocycles. The summed E-state index contributed by atoms with van der Waals surface area (Å²) in [5.74, 6) is 1.77. The van der Waals surface area contributed by atoms with E-state index in [9.17, 15) is 0 Å². The molecule has 5 nitrogen and oxygen atoms in total. The van der Waals surface area contributed by atoms with Gasteiger partial charge in [-0.1, -0.05) is 24.3 Å². The first-order chi connectivity index (χ1) is 13.2. The molecule has 1 N–H and O–H groups in total. The van der Waals surface area contributed by atoms with Crippen LogP contribution in [-0.4, -0.2) is 55.3 Å². The summed E-state index contributed by atoms with van der Waals surface area (Å²) in [6.07, 6.45) is 0. The second-order valence-electron chi connectivity index (χ2n) is 6.62. The lowest BCUT2D eigenvalue weighted by atomic mass is 10.2. The maximum absolute atomic E-state index is 5.58. The molecule has 1 saturated heterocycles. The molecule has 3 rings (SSSR count). The third-order valence-corrected chi connectivity index (χ3v) is 5.23. The number of ether oxygens (including phenoxy) is 2. The van der Waals surface area contributed by atoms with E-state index in [1.807, 2.05) is 24.3 Å². The number of nitrogens with one attached hydrogen (secondary N) is 1. The molecular formula is C21H27N3O2S. The molecule has 1 fully saturated rings. The summed E-state index contributed by atoms with van der Waals surface area (Å²) in [5.41, 5.74) is 2.50. The number of nitrogens with zero attached hydrogens (tertiary/aromatic N) is 2. The average Bonchev–Trinajstić information content (AvgIpc) is 2.73. The van der Waals surface area contributed by atoms with Crippen molar-refractivity contribution in [3.8, 4) is 11.5 Å². The van der Waals surface area contributed by atoms with Gasteiger partial charge in [0.05, 0.1) is 14.2 Å². The van der Waals surface area contributed by atoms with Crippen molar-refractivity contribution in [2.45, 2.75) is 13.1 Å². The molecule has 1 aliphatic heterocycles. The van der Waals surface area contributed by atoms with Crippen molar-refractivity contribution in [2.75, 3.05) is 40.4 Å². The largest absolute Gasteiger partial charge is 0.497 e.